The van der Waals surface area contributed by atoms with Gasteiger partial charge in [0.25, 0.3) is 0 Å². The number of hydrogen-bond acceptors (Lipinski definition) is 6. The highest BCUT2D eigenvalue weighted by Crippen LogP contribution is 2.33. The van der Waals surface area contributed by atoms with Gasteiger partial charge in [0.1, 0.15) is 11.2 Å². The quantitative estimate of drug-likeness (QED) is 0.399. The zero-order valence-corrected chi connectivity index (χ0v) is 18.8. The van der Waals surface area contributed by atoms with Crippen molar-refractivity contribution >= 4 is 21.9 Å². The minimum Gasteiger partial charge on any atom is -0.352 e. The molecule has 2 N–H and O–H groups in total. The van der Waals surface area contributed by atoms with Gasteiger partial charge in [0, 0.05) is 54.0 Å². The smallest absolute Gasteiger partial charge is 0.135 e. The molecule has 0 aromatic carbocycles. The molecule has 0 aliphatic rings. The number of pyridine rings is 4. The van der Waals surface area contributed by atoms with E-state index in [1.807, 2.05) is 63.1 Å². The standard InChI is InChI=1S/C26H22N8/c1-34(2)15-16-9-18(12-28-11-16)21-3-4-22-25(31-21)26(33-32-22)23-10-19-20(13-29-14-24(19)30-23)17-5-7-27-8-6-17/h3-14,30H,15H2,1-2H3,(H,32,33). The van der Waals surface area contributed by atoms with Crippen molar-refractivity contribution in [2.45, 2.75) is 6.54 Å². The molecule has 6 rings (SSSR count). The fraction of sp³-hybridized carbons (Fsp3) is 0.115. The summed E-state index contributed by atoms with van der Waals surface area (Å²) >= 11 is 0. The molecule has 0 unspecified atom stereocenters. The Labute approximate surface area is 195 Å². The summed E-state index contributed by atoms with van der Waals surface area (Å²) in [6.07, 6.45) is 11.0. The number of rotatable bonds is 5. The lowest BCUT2D eigenvalue weighted by atomic mass is 10.1. The topological polar surface area (TPSA) is 99.3 Å². The van der Waals surface area contributed by atoms with Crippen molar-refractivity contribution in [1.29, 1.82) is 0 Å². The van der Waals surface area contributed by atoms with Crippen LogP contribution in [0, 0.1) is 0 Å². The van der Waals surface area contributed by atoms with E-state index in [-0.39, 0.29) is 0 Å². The van der Waals surface area contributed by atoms with Crippen molar-refractivity contribution in [3.8, 4) is 33.8 Å². The van der Waals surface area contributed by atoms with Gasteiger partial charge in [-0.25, -0.2) is 4.98 Å². The van der Waals surface area contributed by atoms with Gasteiger partial charge in [0.15, 0.2) is 0 Å². The lowest BCUT2D eigenvalue weighted by Crippen LogP contribution is -2.10. The normalized spacial score (nSPS) is 11.6. The molecular formula is C26H22N8. The minimum atomic E-state index is 0.770. The summed E-state index contributed by atoms with van der Waals surface area (Å²) in [5.74, 6) is 0. The fourth-order valence-electron chi connectivity index (χ4n) is 4.27. The average molecular weight is 447 g/mol. The maximum absolute atomic E-state index is 4.96. The molecule has 8 nitrogen and oxygen atoms in total. The molecule has 166 valence electrons. The Bertz CT molecular complexity index is 1610. The highest BCUT2D eigenvalue weighted by atomic mass is 15.1. The molecule has 0 aliphatic heterocycles. The lowest BCUT2D eigenvalue weighted by Gasteiger charge is -2.10. The van der Waals surface area contributed by atoms with Gasteiger partial charge in [-0.3, -0.25) is 20.1 Å². The molecule has 34 heavy (non-hydrogen) atoms. The second-order valence-corrected chi connectivity index (χ2v) is 8.55. The number of hydrogen-bond donors (Lipinski definition) is 2. The average Bonchev–Trinajstić information content (AvgIpc) is 3.48. The van der Waals surface area contributed by atoms with E-state index < -0.39 is 0 Å². The van der Waals surface area contributed by atoms with Crippen molar-refractivity contribution in [2.24, 2.45) is 0 Å². The maximum Gasteiger partial charge on any atom is 0.135 e. The first-order chi connectivity index (χ1) is 16.7. The van der Waals surface area contributed by atoms with Crippen molar-refractivity contribution in [2.75, 3.05) is 14.1 Å². The van der Waals surface area contributed by atoms with Crippen LogP contribution in [0.4, 0.5) is 0 Å². The molecular weight excluding hydrogens is 424 g/mol. The number of aromatic amines is 2. The Balaban J connectivity index is 1.45. The zero-order chi connectivity index (χ0) is 23.1. The van der Waals surface area contributed by atoms with Gasteiger partial charge < -0.3 is 9.88 Å². The summed E-state index contributed by atoms with van der Waals surface area (Å²) in [4.78, 5) is 23.5. The van der Waals surface area contributed by atoms with Gasteiger partial charge in [-0.1, -0.05) is 0 Å². The van der Waals surface area contributed by atoms with Gasteiger partial charge in [-0.2, -0.15) is 5.10 Å². The van der Waals surface area contributed by atoms with E-state index >= 15 is 0 Å². The van der Waals surface area contributed by atoms with E-state index in [1.54, 1.807) is 12.4 Å². The minimum absolute atomic E-state index is 0.770. The summed E-state index contributed by atoms with van der Waals surface area (Å²) < 4.78 is 0. The molecule has 0 spiro atoms. The van der Waals surface area contributed by atoms with Crippen LogP contribution in [0.1, 0.15) is 5.56 Å². The van der Waals surface area contributed by atoms with Crippen LogP contribution in [0.25, 0.3) is 55.7 Å². The Morgan fingerprint density at radius 3 is 2.53 bits per heavy atom. The van der Waals surface area contributed by atoms with Gasteiger partial charge >= 0.3 is 0 Å². The highest BCUT2D eigenvalue weighted by molar-refractivity contribution is 5.99. The number of fused-ring (bicyclic) bond motifs is 2. The van der Waals surface area contributed by atoms with Crippen LogP contribution in [0.5, 0.6) is 0 Å². The predicted molar refractivity (Wildman–Crippen MR) is 133 cm³/mol. The largest absolute Gasteiger partial charge is 0.352 e. The Kier molecular flexibility index (Phi) is 4.85. The third-order valence-electron chi connectivity index (χ3n) is 5.79. The molecule has 0 bridgehead atoms. The van der Waals surface area contributed by atoms with Gasteiger partial charge in [-0.15, -0.1) is 0 Å². The van der Waals surface area contributed by atoms with Crippen molar-refractivity contribution in [1.82, 2.24) is 40.0 Å². The Hall–Kier alpha value is -4.43. The van der Waals surface area contributed by atoms with Crippen molar-refractivity contribution in [3.63, 3.8) is 0 Å². The SMILES string of the molecule is CN(C)Cc1cncc(-c2ccc3[nH]nc(-c4cc5c(-c6ccncc6)cncc5[nH]4)c3n2)c1. The Morgan fingerprint density at radius 2 is 1.68 bits per heavy atom. The van der Waals surface area contributed by atoms with Gasteiger partial charge in [0.05, 0.1) is 28.6 Å². The van der Waals surface area contributed by atoms with E-state index in [0.29, 0.717) is 0 Å². The summed E-state index contributed by atoms with van der Waals surface area (Å²) in [7, 11) is 4.09. The third-order valence-corrected chi connectivity index (χ3v) is 5.79. The van der Waals surface area contributed by atoms with Gasteiger partial charge in [0.2, 0.25) is 0 Å². The molecule has 8 heteroatoms. The molecule has 0 radical (unpaired) electrons. The van der Waals surface area contributed by atoms with E-state index in [9.17, 15) is 0 Å². The summed E-state index contributed by atoms with van der Waals surface area (Å²) in [6, 6.07) is 12.2. The zero-order valence-electron chi connectivity index (χ0n) is 18.8. The lowest BCUT2D eigenvalue weighted by molar-refractivity contribution is 0.402. The molecule has 0 aliphatic carbocycles. The number of nitrogens with zero attached hydrogens (tertiary/aromatic N) is 6. The van der Waals surface area contributed by atoms with E-state index in [1.165, 1.54) is 0 Å². The summed E-state index contributed by atoms with van der Waals surface area (Å²) in [5, 5.41) is 8.77. The predicted octanol–water partition coefficient (Wildman–Crippen LogP) is 4.69. The van der Waals surface area contributed by atoms with E-state index in [4.69, 9.17) is 4.98 Å². The first-order valence-electron chi connectivity index (χ1n) is 11.0. The molecule has 0 amide bonds. The van der Waals surface area contributed by atoms with Crippen molar-refractivity contribution < 1.29 is 0 Å². The second-order valence-electron chi connectivity index (χ2n) is 8.55. The molecule has 0 atom stereocenters. The van der Waals surface area contributed by atoms with Crippen molar-refractivity contribution in [3.05, 3.63) is 79.1 Å². The third kappa shape index (κ3) is 3.60. The van der Waals surface area contributed by atoms with Crippen LogP contribution in [-0.2, 0) is 6.54 Å². The van der Waals surface area contributed by atoms with Crippen LogP contribution in [0.2, 0.25) is 0 Å². The molecule has 6 aromatic rings. The highest BCUT2D eigenvalue weighted by Gasteiger charge is 2.16. The molecule has 0 saturated heterocycles. The van der Waals surface area contributed by atoms with E-state index in [0.717, 1.165) is 67.8 Å². The molecule has 0 saturated carbocycles. The van der Waals surface area contributed by atoms with Crippen LogP contribution in [0.15, 0.2) is 73.6 Å². The van der Waals surface area contributed by atoms with E-state index in [2.05, 4.69) is 47.2 Å². The summed E-state index contributed by atoms with van der Waals surface area (Å²) in [5.41, 5.74) is 9.37. The number of nitrogens with one attached hydrogen (secondary N) is 2. The molecule has 0 fully saturated rings. The number of aromatic nitrogens is 7. The van der Waals surface area contributed by atoms with Crippen LogP contribution >= 0.6 is 0 Å². The maximum atomic E-state index is 4.96. The first-order valence-corrected chi connectivity index (χ1v) is 11.0. The molecule has 6 heterocycles. The first kappa shape index (κ1) is 20.2. The molecule has 6 aromatic heterocycles. The fourth-order valence-corrected chi connectivity index (χ4v) is 4.27. The van der Waals surface area contributed by atoms with Crippen LogP contribution in [-0.4, -0.2) is 54.1 Å². The van der Waals surface area contributed by atoms with Gasteiger partial charge in [-0.05, 0) is 61.6 Å². The monoisotopic (exact) mass is 446 g/mol. The van der Waals surface area contributed by atoms with Crippen LogP contribution in [0.3, 0.4) is 0 Å². The second kappa shape index (κ2) is 8.17. The summed E-state index contributed by atoms with van der Waals surface area (Å²) in [6.45, 7) is 0.822. The number of H-pyrrole nitrogens is 2. The van der Waals surface area contributed by atoms with Crippen LogP contribution < -0.4 is 0 Å². The Morgan fingerprint density at radius 1 is 0.824 bits per heavy atom.